The molecule has 1 aromatic carbocycles. The Balaban J connectivity index is 1.78. The largest absolute Gasteiger partial charge is 0.349 e. The van der Waals surface area contributed by atoms with E-state index in [0.717, 1.165) is 48.1 Å². The molecule has 0 aliphatic carbocycles. The van der Waals surface area contributed by atoms with Crippen LogP contribution >= 0.6 is 34.8 Å². The molecule has 3 heterocycles. The van der Waals surface area contributed by atoms with Crippen molar-refractivity contribution in [3.63, 3.8) is 0 Å². The van der Waals surface area contributed by atoms with Gasteiger partial charge in [0.2, 0.25) is 5.95 Å². The Morgan fingerprint density at radius 1 is 1.15 bits per heavy atom. The van der Waals surface area contributed by atoms with Crippen molar-refractivity contribution in [1.82, 2.24) is 15.0 Å². The van der Waals surface area contributed by atoms with Gasteiger partial charge in [-0.25, -0.2) is 9.97 Å². The standard InChI is InChI=1S/C19H16IN5S/c1-10-3-6-15(11(2)22-10)24-19-21-9-12-7-17(26)23-16-8-13(20)4-5-14(16)18(12)25-19/h3-6,8-9H,7H2,1-2H3,(H,23,26)(H,21,24,25). The summed E-state index contributed by atoms with van der Waals surface area (Å²) in [6, 6.07) is 10.2. The van der Waals surface area contributed by atoms with Crippen LogP contribution < -0.4 is 10.6 Å². The molecule has 0 amide bonds. The van der Waals surface area contributed by atoms with E-state index in [9.17, 15) is 0 Å². The molecule has 0 radical (unpaired) electrons. The molecule has 5 nitrogen and oxygen atoms in total. The SMILES string of the molecule is Cc1ccc(Nc2ncc3c(n2)-c2ccc(I)cc2NC(=S)C3)c(C)n1. The third-order valence-corrected chi connectivity index (χ3v) is 5.12. The molecule has 7 heteroatoms. The van der Waals surface area contributed by atoms with Gasteiger partial charge >= 0.3 is 0 Å². The summed E-state index contributed by atoms with van der Waals surface area (Å²) in [6.45, 7) is 3.95. The van der Waals surface area contributed by atoms with Gasteiger partial charge in [-0.1, -0.05) is 12.2 Å². The second-order valence-corrected chi connectivity index (χ2v) is 7.93. The predicted molar refractivity (Wildman–Crippen MR) is 117 cm³/mol. The van der Waals surface area contributed by atoms with Gasteiger partial charge in [0.15, 0.2) is 0 Å². The van der Waals surface area contributed by atoms with Crippen LogP contribution in [-0.2, 0) is 6.42 Å². The highest BCUT2D eigenvalue weighted by molar-refractivity contribution is 14.1. The first-order valence-electron chi connectivity index (χ1n) is 8.16. The number of nitrogens with zero attached hydrogens (tertiary/aromatic N) is 3. The predicted octanol–water partition coefficient (Wildman–Crippen LogP) is 4.80. The molecule has 0 spiro atoms. The lowest BCUT2D eigenvalue weighted by Gasteiger charge is -2.12. The highest BCUT2D eigenvalue weighted by Gasteiger charge is 2.19. The summed E-state index contributed by atoms with van der Waals surface area (Å²) in [4.78, 5) is 14.5. The van der Waals surface area contributed by atoms with E-state index < -0.39 is 0 Å². The van der Waals surface area contributed by atoms with Gasteiger partial charge in [-0.3, -0.25) is 4.98 Å². The Labute approximate surface area is 170 Å². The van der Waals surface area contributed by atoms with Gasteiger partial charge in [0, 0.05) is 38.7 Å². The first-order chi connectivity index (χ1) is 12.5. The molecule has 4 rings (SSSR count). The zero-order chi connectivity index (χ0) is 18.3. The van der Waals surface area contributed by atoms with E-state index in [1.165, 1.54) is 0 Å². The maximum atomic E-state index is 5.46. The minimum absolute atomic E-state index is 0.551. The van der Waals surface area contributed by atoms with Crippen molar-refractivity contribution in [3.8, 4) is 11.3 Å². The first kappa shape index (κ1) is 17.3. The number of hydrogen-bond donors (Lipinski definition) is 2. The van der Waals surface area contributed by atoms with Crippen LogP contribution in [0.3, 0.4) is 0 Å². The van der Waals surface area contributed by atoms with Crippen molar-refractivity contribution in [2.24, 2.45) is 0 Å². The van der Waals surface area contributed by atoms with Gasteiger partial charge in [0.25, 0.3) is 0 Å². The fraction of sp³-hybridized carbons (Fsp3) is 0.158. The molecule has 1 aliphatic heterocycles. The number of anilines is 3. The van der Waals surface area contributed by atoms with Crippen LogP contribution in [0, 0.1) is 17.4 Å². The number of halogens is 1. The Bertz CT molecular complexity index is 1030. The maximum absolute atomic E-state index is 5.46. The molecule has 26 heavy (non-hydrogen) atoms. The fourth-order valence-corrected chi connectivity index (χ4v) is 3.72. The van der Waals surface area contributed by atoms with Crippen LogP contribution in [0.1, 0.15) is 17.0 Å². The average molecular weight is 473 g/mol. The lowest BCUT2D eigenvalue weighted by atomic mass is 10.1. The second-order valence-electron chi connectivity index (χ2n) is 6.19. The topological polar surface area (TPSA) is 62.7 Å². The third-order valence-electron chi connectivity index (χ3n) is 4.20. The smallest absolute Gasteiger partial charge is 0.227 e. The molecule has 2 N–H and O–H groups in total. The Morgan fingerprint density at radius 3 is 2.81 bits per heavy atom. The summed E-state index contributed by atoms with van der Waals surface area (Å²) in [7, 11) is 0. The van der Waals surface area contributed by atoms with Crippen LogP contribution in [0.25, 0.3) is 11.3 Å². The number of fused-ring (bicyclic) bond motifs is 3. The summed E-state index contributed by atoms with van der Waals surface area (Å²) >= 11 is 7.76. The molecule has 2 aromatic heterocycles. The minimum atomic E-state index is 0.551. The van der Waals surface area contributed by atoms with Gasteiger partial charge in [-0.2, -0.15) is 0 Å². The summed E-state index contributed by atoms with van der Waals surface area (Å²) < 4.78 is 1.15. The van der Waals surface area contributed by atoms with E-state index in [1.807, 2.05) is 32.2 Å². The maximum Gasteiger partial charge on any atom is 0.227 e. The van der Waals surface area contributed by atoms with E-state index in [2.05, 4.69) is 61.4 Å². The molecular formula is C19H16IN5S. The lowest BCUT2D eigenvalue weighted by Crippen LogP contribution is -2.10. The second kappa shape index (κ2) is 6.88. The molecule has 0 bridgehead atoms. The van der Waals surface area contributed by atoms with E-state index in [1.54, 1.807) is 0 Å². The van der Waals surface area contributed by atoms with Crippen LogP contribution in [0.15, 0.2) is 36.5 Å². The van der Waals surface area contributed by atoms with Crippen molar-refractivity contribution in [2.45, 2.75) is 20.3 Å². The number of nitrogens with one attached hydrogen (secondary N) is 2. The summed E-state index contributed by atoms with van der Waals surface area (Å²) in [6.07, 6.45) is 2.48. The number of aromatic nitrogens is 3. The molecular weight excluding hydrogens is 457 g/mol. The van der Waals surface area contributed by atoms with Crippen LogP contribution in [0.5, 0.6) is 0 Å². The van der Waals surface area contributed by atoms with Crippen molar-refractivity contribution in [1.29, 1.82) is 0 Å². The first-order valence-corrected chi connectivity index (χ1v) is 9.65. The Kier molecular flexibility index (Phi) is 4.58. The fourth-order valence-electron chi connectivity index (χ4n) is 2.96. The van der Waals surface area contributed by atoms with Crippen molar-refractivity contribution in [2.75, 3.05) is 10.6 Å². The third kappa shape index (κ3) is 3.41. The van der Waals surface area contributed by atoms with Gasteiger partial charge in [0.1, 0.15) is 0 Å². The van der Waals surface area contributed by atoms with E-state index >= 15 is 0 Å². The minimum Gasteiger partial charge on any atom is -0.349 e. The number of aryl methyl sites for hydroxylation is 2. The van der Waals surface area contributed by atoms with Crippen molar-refractivity contribution in [3.05, 3.63) is 57.1 Å². The zero-order valence-electron chi connectivity index (χ0n) is 14.3. The van der Waals surface area contributed by atoms with E-state index in [0.29, 0.717) is 12.4 Å². The van der Waals surface area contributed by atoms with Crippen molar-refractivity contribution >= 4 is 57.1 Å². The number of benzene rings is 1. The Hall–Kier alpha value is -2.13. The molecule has 130 valence electrons. The summed E-state index contributed by atoms with van der Waals surface area (Å²) in [5, 5.41) is 6.61. The van der Waals surface area contributed by atoms with E-state index in [4.69, 9.17) is 17.2 Å². The van der Waals surface area contributed by atoms with Gasteiger partial charge in [-0.05, 0) is 66.8 Å². The average Bonchev–Trinajstić information content (AvgIpc) is 2.72. The molecule has 0 unspecified atom stereocenters. The summed E-state index contributed by atoms with van der Waals surface area (Å²) in [5.41, 5.74) is 6.75. The van der Waals surface area contributed by atoms with Crippen molar-refractivity contribution < 1.29 is 0 Å². The highest BCUT2D eigenvalue weighted by Crippen LogP contribution is 2.34. The van der Waals surface area contributed by atoms with Gasteiger partial charge < -0.3 is 10.6 Å². The highest BCUT2D eigenvalue weighted by atomic mass is 127. The normalized spacial score (nSPS) is 12.7. The van der Waals surface area contributed by atoms with Crippen LogP contribution in [-0.4, -0.2) is 19.9 Å². The van der Waals surface area contributed by atoms with Crippen LogP contribution in [0.4, 0.5) is 17.3 Å². The molecule has 0 saturated heterocycles. The molecule has 0 atom stereocenters. The number of rotatable bonds is 2. The molecule has 1 aliphatic rings. The zero-order valence-corrected chi connectivity index (χ0v) is 17.3. The van der Waals surface area contributed by atoms with Crippen LogP contribution in [0.2, 0.25) is 0 Å². The van der Waals surface area contributed by atoms with Gasteiger partial charge in [0.05, 0.1) is 22.1 Å². The monoisotopic (exact) mass is 473 g/mol. The number of thiocarbonyl (C=S) groups is 1. The molecule has 0 saturated carbocycles. The molecule has 3 aromatic rings. The lowest BCUT2D eigenvalue weighted by molar-refractivity contribution is 1.09. The quantitative estimate of drug-likeness (QED) is 0.412. The molecule has 0 fully saturated rings. The number of hydrogen-bond acceptors (Lipinski definition) is 5. The van der Waals surface area contributed by atoms with E-state index in [-0.39, 0.29) is 0 Å². The Morgan fingerprint density at radius 2 is 2.00 bits per heavy atom. The van der Waals surface area contributed by atoms with Gasteiger partial charge in [-0.15, -0.1) is 0 Å². The number of pyridine rings is 1. The summed E-state index contributed by atoms with van der Waals surface area (Å²) in [5.74, 6) is 0.551.